The minimum absolute atomic E-state index is 0.0787. The molecule has 1 aliphatic heterocycles. The van der Waals surface area contributed by atoms with E-state index >= 15 is 0 Å². The molecule has 8 heteroatoms. The van der Waals surface area contributed by atoms with E-state index in [1.807, 2.05) is 4.57 Å². The Balaban J connectivity index is 2.01. The van der Waals surface area contributed by atoms with Gasteiger partial charge in [0.1, 0.15) is 12.2 Å². The molecule has 0 saturated carbocycles. The van der Waals surface area contributed by atoms with Crippen LogP contribution in [0.4, 0.5) is 0 Å². The number of aromatic nitrogens is 3. The summed E-state index contributed by atoms with van der Waals surface area (Å²) in [4.78, 5) is 13.3. The highest BCUT2D eigenvalue weighted by molar-refractivity contribution is 5.98. The molecule has 16 heavy (non-hydrogen) atoms. The van der Waals surface area contributed by atoms with Crippen molar-refractivity contribution in [1.82, 2.24) is 19.7 Å². The lowest BCUT2D eigenvalue weighted by molar-refractivity contribution is -0.131. The molecule has 2 heterocycles. The van der Waals surface area contributed by atoms with Crippen molar-refractivity contribution in [2.24, 2.45) is 10.9 Å². The van der Waals surface area contributed by atoms with E-state index in [-0.39, 0.29) is 18.2 Å². The normalized spacial score (nSPS) is 16.0. The molecule has 3 N–H and O–H groups in total. The van der Waals surface area contributed by atoms with E-state index in [1.165, 1.54) is 0 Å². The number of hydrogen-bond acceptors (Lipinski definition) is 5. The summed E-state index contributed by atoms with van der Waals surface area (Å²) in [6, 6.07) is 0. The second-order valence-electron chi connectivity index (χ2n) is 3.52. The van der Waals surface area contributed by atoms with Crippen LogP contribution in [0.15, 0.2) is 11.5 Å². The van der Waals surface area contributed by atoms with E-state index in [4.69, 9.17) is 10.9 Å². The van der Waals surface area contributed by atoms with Crippen LogP contribution in [0.2, 0.25) is 0 Å². The number of nitrogens with zero attached hydrogens (tertiary/aromatic N) is 5. The zero-order valence-corrected chi connectivity index (χ0v) is 8.57. The Bertz CT molecular complexity index is 426. The van der Waals surface area contributed by atoms with Crippen LogP contribution >= 0.6 is 0 Å². The fourth-order valence-electron chi connectivity index (χ4n) is 1.58. The van der Waals surface area contributed by atoms with E-state index in [9.17, 15) is 4.79 Å². The van der Waals surface area contributed by atoms with Crippen molar-refractivity contribution in [3.05, 3.63) is 12.2 Å². The molecule has 1 amide bonds. The van der Waals surface area contributed by atoms with Gasteiger partial charge in [-0.15, -0.1) is 10.2 Å². The van der Waals surface area contributed by atoms with Gasteiger partial charge >= 0.3 is 0 Å². The summed E-state index contributed by atoms with van der Waals surface area (Å²) in [7, 11) is 0. The quantitative estimate of drug-likeness (QED) is 0.282. The number of nitrogens with two attached hydrogens (primary N) is 1. The first-order valence-corrected chi connectivity index (χ1v) is 4.81. The Morgan fingerprint density at radius 3 is 3.19 bits per heavy atom. The maximum atomic E-state index is 11.7. The highest BCUT2D eigenvalue weighted by atomic mass is 16.4. The van der Waals surface area contributed by atoms with Crippen molar-refractivity contribution in [3.63, 3.8) is 0 Å². The van der Waals surface area contributed by atoms with Crippen molar-refractivity contribution in [2.75, 3.05) is 6.54 Å². The van der Waals surface area contributed by atoms with Gasteiger partial charge in [-0.05, 0) is 0 Å². The molecule has 0 bridgehead atoms. The average Bonchev–Trinajstić information content (AvgIpc) is 2.75. The smallest absolute Gasteiger partial charge is 0.230 e. The lowest BCUT2D eigenvalue weighted by atomic mass is 10.3. The van der Waals surface area contributed by atoms with Crippen molar-refractivity contribution < 1.29 is 10.0 Å². The van der Waals surface area contributed by atoms with Gasteiger partial charge < -0.3 is 20.4 Å². The van der Waals surface area contributed by atoms with Crippen molar-refractivity contribution >= 4 is 11.7 Å². The van der Waals surface area contributed by atoms with Crippen LogP contribution in [0.5, 0.6) is 0 Å². The van der Waals surface area contributed by atoms with E-state index in [0.29, 0.717) is 19.6 Å². The second-order valence-corrected chi connectivity index (χ2v) is 3.52. The van der Waals surface area contributed by atoms with Crippen LogP contribution < -0.4 is 5.73 Å². The predicted molar refractivity (Wildman–Crippen MR) is 53.5 cm³/mol. The van der Waals surface area contributed by atoms with Gasteiger partial charge in [-0.3, -0.25) is 4.79 Å². The molecular weight excluding hydrogens is 212 g/mol. The van der Waals surface area contributed by atoms with Crippen LogP contribution in [-0.4, -0.2) is 43.2 Å². The average molecular weight is 224 g/mol. The Morgan fingerprint density at radius 2 is 2.44 bits per heavy atom. The lowest BCUT2D eigenvalue weighted by Crippen LogP contribution is -2.39. The molecule has 0 aliphatic carbocycles. The van der Waals surface area contributed by atoms with Crippen LogP contribution in [0.3, 0.4) is 0 Å². The molecule has 1 aromatic heterocycles. The van der Waals surface area contributed by atoms with Crippen LogP contribution in [-0.2, 0) is 17.9 Å². The van der Waals surface area contributed by atoms with Crippen LogP contribution in [0.25, 0.3) is 0 Å². The topological polar surface area (TPSA) is 110 Å². The maximum Gasteiger partial charge on any atom is 0.230 e. The van der Waals surface area contributed by atoms with E-state index in [1.54, 1.807) is 11.2 Å². The monoisotopic (exact) mass is 224 g/mol. The van der Waals surface area contributed by atoms with Gasteiger partial charge in [-0.2, -0.15) is 0 Å². The van der Waals surface area contributed by atoms with E-state index in [0.717, 1.165) is 5.82 Å². The van der Waals surface area contributed by atoms with E-state index in [2.05, 4.69) is 15.4 Å². The number of carbonyl (C=O) groups is 1. The van der Waals surface area contributed by atoms with Crippen molar-refractivity contribution in [3.8, 4) is 0 Å². The van der Waals surface area contributed by atoms with E-state index < -0.39 is 0 Å². The molecule has 1 aromatic rings. The SMILES string of the molecule is NC(CC(=O)N1CCn2cnnc2C1)=NO. The van der Waals surface area contributed by atoms with Crippen molar-refractivity contribution in [2.45, 2.75) is 19.5 Å². The summed E-state index contributed by atoms with van der Waals surface area (Å²) >= 11 is 0. The maximum absolute atomic E-state index is 11.7. The van der Waals surface area contributed by atoms with Gasteiger partial charge in [-0.25, -0.2) is 0 Å². The summed E-state index contributed by atoms with van der Waals surface area (Å²) in [5, 5.41) is 18.8. The van der Waals surface area contributed by atoms with Gasteiger partial charge in [0, 0.05) is 13.1 Å². The molecule has 0 saturated heterocycles. The minimum Gasteiger partial charge on any atom is -0.409 e. The van der Waals surface area contributed by atoms with Gasteiger partial charge in [-0.1, -0.05) is 5.16 Å². The number of carbonyl (C=O) groups excluding carboxylic acids is 1. The Hall–Kier alpha value is -2.12. The first-order valence-electron chi connectivity index (χ1n) is 4.81. The Morgan fingerprint density at radius 1 is 1.62 bits per heavy atom. The molecule has 86 valence electrons. The molecule has 8 nitrogen and oxygen atoms in total. The summed E-state index contributed by atoms with van der Waals surface area (Å²) in [5.74, 6) is 0.487. The zero-order valence-electron chi connectivity index (χ0n) is 8.57. The largest absolute Gasteiger partial charge is 0.409 e. The number of amides is 1. The Kier molecular flexibility index (Phi) is 2.71. The molecule has 2 rings (SSSR count). The third-order valence-electron chi connectivity index (χ3n) is 2.45. The third kappa shape index (κ3) is 1.95. The molecular formula is C8H12N6O2. The molecule has 0 radical (unpaired) electrons. The third-order valence-corrected chi connectivity index (χ3v) is 2.45. The molecule has 0 unspecified atom stereocenters. The van der Waals surface area contributed by atoms with Gasteiger partial charge in [0.05, 0.1) is 13.0 Å². The van der Waals surface area contributed by atoms with Crippen LogP contribution in [0, 0.1) is 0 Å². The number of fused-ring (bicyclic) bond motifs is 1. The van der Waals surface area contributed by atoms with Gasteiger partial charge in [0.25, 0.3) is 0 Å². The fraction of sp³-hybridized carbons (Fsp3) is 0.500. The highest BCUT2D eigenvalue weighted by Crippen LogP contribution is 2.09. The number of oxime groups is 1. The first-order chi connectivity index (χ1) is 7.70. The van der Waals surface area contributed by atoms with Crippen molar-refractivity contribution in [1.29, 1.82) is 0 Å². The number of rotatable bonds is 2. The molecule has 0 atom stereocenters. The van der Waals surface area contributed by atoms with Gasteiger partial charge in [0.15, 0.2) is 5.82 Å². The summed E-state index contributed by atoms with van der Waals surface area (Å²) in [5.41, 5.74) is 5.27. The highest BCUT2D eigenvalue weighted by Gasteiger charge is 2.22. The second kappa shape index (κ2) is 4.17. The molecule has 0 fully saturated rings. The summed E-state index contributed by atoms with van der Waals surface area (Å²) in [6.07, 6.45) is 1.56. The lowest BCUT2D eigenvalue weighted by Gasteiger charge is -2.26. The summed E-state index contributed by atoms with van der Waals surface area (Å²) in [6.45, 7) is 1.67. The molecule has 0 spiro atoms. The zero-order chi connectivity index (χ0) is 11.5. The first kappa shape index (κ1) is 10.4. The van der Waals surface area contributed by atoms with Gasteiger partial charge in [0.2, 0.25) is 5.91 Å². The summed E-state index contributed by atoms with van der Waals surface area (Å²) < 4.78 is 1.90. The van der Waals surface area contributed by atoms with Crippen LogP contribution in [0.1, 0.15) is 12.2 Å². The standard InChI is InChI=1S/C8H12N6O2/c9-6(12-16)3-8(15)13-1-2-14-5-10-11-7(14)4-13/h5,16H,1-4H2,(H2,9,12). The predicted octanol–water partition coefficient (Wildman–Crippen LogP) is -1.24. The molecule has 0 aromatic carbocycles. The Labute approximate surface area is 91.3 Å². The minimum atomic E-state index is -0.176. The number of hydrogen-bond donors (Lipinski definition) is 2. The molecule has 1 aliphatic rings. The number of amidine groups is 1. The fourth-order valence-corrected chi connectivity index (χ4v) is 1.58.